The van der Waals surface area contributed by atoms with Crippen LogP contribution in [-0.4, -0.2) is 0 Å². The van der Waals surface area contributed by atoms with Gasteiger partial charge in [0, 0.05) is 10.9 Å². The molecule has 1 aromatic heterocycles. The van der Waals surface area contributed by atoms with Crippen LogP contribution in [0.4, 0.5) is 4.39 Å². The summed E-state index contributed by atoms with van der Waals surface area (Å²) in [5, 5.41) is 0.942. The number of benzene rings is 1. The van der Waals surface area contributed by atoms with Crippen molar-refractivity contribution in [3.63, 3.8) is 0 Å². The molecule has 2 rings (SSSR count). The minimum absolute atomic E-state index is 0.0169. The average molecular weight is 195 g/mol. The Morgan fingerprint density at radius 2 is 2.23 bits per heavy atom. The van der Waals surface area contributed by atoms with E-state index in [2.05, 4.69) is 0 Å². The monoisotopic (exact) mass is 195 g/mol. The van der Waals surface area contributed by atoms with Crippen molar-refractivity contribution in [3.8, 4) is 0 Å². The molecule has 2 aromatic rings. The molecule has 13 heavy (non-hydrogen) atoms. The minimum atomic E-state index is -0.158. The van der Waals surface area contributed by atoms with Gasteiger partial charge in [-0.3, -0.25) is 0 Å². The van der Waals surface area contributed by atoms with E-state index in [1.54, 1.807) is 6.07 Å². The molecule has 1 atom stereocenters. The summed E-state index contributed by atoms with van der Waals surface area (Å²) in [5.74, 6) is -0.158. The molecule has 1 heterocycles. The second-order valence-corrected chi connectivity index (χ2v) is 4.18. The normalized spacial score (nSPS) is 13.5. The molecule has 0 bridgehead atoms. The standard InChI is InChI=1S/C10H10FNS/c1-6(12)9-5-7-3-2-4-8(11)10(7)13-9/h2-6H,12H2,1H3/t6-/m0/s1. The lowest BCUT2D eigenvalue weighted by Crippen LogP contribution is -2.01. The molecule has 0 amide bonds. The molecule has 0 aliphatic carbocycles. The third-order valence-electron chi connectivity index (χ3n) is 1.96. The highest BCUT2D eigenvalue weighted by Crippen LogP contribution is 2.30. The maximum atomic E-state index is 13.2. The van der Waals surface area contributed by atoms with Gasteiger partial charge in [-0.25, -0.2) is 4.39 Å². The van der Waals surface area contributed by atoms with E-state index in [1.807, 2.05) is 19.1 Å². The number of hydrogen-bond donors (Lipinski definition) is 1. The Kier molecular flexibility index (Phi) is 2.06. The van der Waals surface area contributed by atoms with Crippen LogP contribution in [0.1, 0.15) is 17.8 Å². The van der Waals surface area contributed by atoms with Crippen molar-refractivity contribution in [2.75, 3.05) is 0 Å². The zero-order chi connectivity index (χ0) is 9.42. The molecule has 0 saturated heterocycles. The predicted molar refractivity (Wildman–Crippen MR) is 54.4 cm³/mol. The van der Waals surface area contributed by atoms with Crippen molar-refractivity contribution in [2.24, 2.45) is 5.73 Å². The van der Waals surface area contributed by atoms with Gasteiger partial charge in [-0.15, -0.1) is 11.3 Å². The molecule has 3 heteroatoms. The minimum Gasteiger partial charge on any atom is -0.324 e. The molecule has 68 valence electrons. The molecule has 0 radical (unpaired) electrons. The molecular weight excluding hydrogens is 185 g/mol. The maximum absolute atomic E-state index is 13.2. The van der Waals surface area contributed by atoms with Crippen LogP contribution in [0.25, 0.3) is 10.1 Å². The largest absolute Gasteiger partial charge is 0.324 e. The summed E-state index contributed by atoms with van der Waals surface area (Å²) in [4.78, 5) is 1.03. The lowest BCUT2D eigenvalue weighted by Gasteiger charge is -1.96. The topological polar surface area (TPSA) is 26.0 Å². The van der Waals surface area contributed by atoms with Crippen LogP contribution < -0.4 is 5.73 Å². The molecule has 2 N–H and O–H groups in total. The van der Waals surface area contributed by atoms with Gasteiger partial charge in [0.1, 0.15) is 5.82 Å². The first kappa shape index (κ1) is 8.66. The van der Waals surface area contributed by atoms with Crippen LogP contribution in [0.3, 0.4) is 0 Å². The maximum Gasteiger partial charge on any atom is 0.140 e. The lowest BCUT2D eigenvalue weighted by molar-refractivity contribution is 0.642. The second-order valence-electron chi connectivity index (χ2n) is 3.10. The smallest absolute Gasteiger partial charge is 0.140 e. The number of hydrogen-bond acceptors (Lipinski definition) is 2. The average Bonchev–Trinajstić information content (AvgIpc) is 2.49. The van der Waals surface area contributed by atoms with E-state index >= 15 is 0 Å². The van der Waals surface area contributed by atoms with E-state index in [1.165, 1.54) is 17.4 Å². The summed E-state index contributed by atoms with van der Waals surface area (Å²) in [6, 6.07) is 7.03. The van der Waals surface area contributed by atoms with Crippen LogP contribution in [0.2, 0.25) is 0 Å². The van der Waals surface area contributed by atoms with Gasteiger partial charge in [0.25, 0.3) is 0 Å². The summed E-state index contributed by atoms with van der Waals surface area (Å²) in [5.41, 5.74) is 5.72. The van der Waals surface area contributed by atoms with Gasteiger partial charge in [-0.05, 0) is 24.4 Å². The molecule has 0 fully saturated rings. The number of thiophene rings is 1. The molecular formula is C10H10FNS. The van der Waals surface area contributed by atoms with Gasteiger partial charge in [0.15, 0.2) is 0 Å². The van der Waals surface area contributed by atoms with E-state index in [-0.39, 0.29) is 11.9 Å². The first-order valence-corrected chi connectivity index (χ1v) is 4.93. The first-order chi connectivity index (χ1) is 6.18. The number of fused-ring (bicyclic) bond motifs is 1. The predicted octanol–water partition coefficient (Wildman–Crippen LogP) is 3.06. The van der Waals surface area contributed by atoms with Crippen LogP contribution in [-0.2, 0) is 0 Å². The summed E-state index contributed by atoms with van der Waals surface area (Å²) in [7, 11) is 0. The van der Waals surface area contributed by atoms with E-state index < -0.39 is 0 Å². The Bertz CT molecular complexity index is 433. The summed E-state index contributed by atoms with van der Waals surface area (Å²) >= 11 is 1.43. The zero-order valence-corrected chi connectivity index (χ0v) is 8.07. The van der Waals surface area contributed by atoms with Gasteiger partial charge in [0.05, 0.1) is 4.70 Å². The molecule has 1 nitrogen and oxygen atoms in total. The van der Waals surface area contributed by atoms with Gasteiger partial charge in [-0.1, -0.05) is 12.1 Å². The van der Waals surface area contributed by atoms with Crippen molar-refractivity contribution in [2.45, 2.75) is 13.0 Å². The van der Waals surface area contributed by atoms with Crippen LogP contribution in [0.5, 0.6) is 0 Å². The molecule has 0 spiro atoms. The highest BCUT2D eigenvalue weighted by atomic mass is 32.1. The molecule has 0 unspecified atom stereocenters. The number of halogens is 1. The van der Waals surface area contributed by atoms with Crippen LogP contribution in [0.15, 0.2) is 24.3 Å². The van der Waals surface area contributed by atoms with E-state index in [4.69, 9.17) is 5.73 Å². The van der Waals surface area contributed by atoms with Gasteiger partial charge in [0.2, 0.25) is 0 Å². The molecule has 0 saturated carbocycles. The molecule has 0 aliphatic heterocycles. The Hall–Kier alpha value is -0.930. The molecule has 0 aliphatic rings. The number of rotatable bonds is 1. The van der Waals surface area contributed by atoms with Crippen LogP contribution >= 0.6 is 11.3 Å². The second kappa shape index (κ2) is 3.09. The van der Waals surface area contributed by atoms with Crippen molar-refractivity contribution in [1.82, 2.24) is 0 Å². The highest BCUT2D eigenvalue weighted by molar-refractivity contribution is 7.19. The van der Waals surface area contributed by atoms with Crippen molar-refractivity contribution in [1.29, 1.82) is 0 Å². The van der Waals surface area contributed by atoms with Crippen molar-refractivity contribution < 1.29 is 4.39 Å². The van der Waals surface area contributed by atoms with Crippen molar-refractivity contribution >= 4 is 21.4 Å². The number of nitrogens with two attached hydrogens (primary N) is 1. The Labute approximate surface area is 80.0 Å². The van der Waals surface area contributed by atoms with Crippen molar-refractivity contribution in [3.05, 3.63) is 35.0 Å². The Morgan fingerprint density at radius 1 is 1.46 bits per heavy atom. The van der Waals surface area contributed by atoms with Gasteiger partial charge < -0.3 is 5.73 Å². The fourth-order valence-electron chi connectivity index (χ4n) is 1.27. The van der Waals surface area contributed by atoms with E-state index in [0.29, 0.717) is 4.70 Å². The third-order valence-corrected chi connectivity index (χ3v) is 3.32. The zero-order valence-electron chi connectivity index (χ0n) is 7.25. The fraction of sp³-hybridized carbons (Fsp3) is 0.200. The third kappa shape index (κ3) is 1.45. The van der Waals surface area contributed by atoms with E-state index in [0.717, 1.165) is 10.3 Å². The molecule has 1 aromatic carbocycles. The van der Waals surface area contributed by atoms with Crippen LogP contribution in [0, 0.1) is 5.82 Å². The fourth-order valence-corrected chi connectivity index (χ4v) is 2.29. The first-order valence-electron chi connectivity index (χ1n) is 4.12. The van der Waals surface area contributed by atoms with Gasteiger partial charge in [-0.2, -0.15) is 0 Å². The Balaban J connectivity index is 2.68. The summed E-state index contributed by atoms with van der Waals surface area (Å²) < 4.78 is 13.9. The lowest BCUT2D eigenvalue weighted by atomic mass is 10.2. The SMILES string of the molecule is C[C@H](N)c1cc2cccc(F)c2s1. The summed E-state index contributed by atoms with van der Waals surface area (Å²) in [6.45, 7) is 1.91. The van der Waals surface area contributed by atoms with E-state index in [9.17, 15) is 4.39 Å². The quantitative estimate of drug-likeness (QED) is 0.743. The Morgan fingerprint density at radius 3 is 2.85 bits per heavy atom. The summed E-state index contributed by atoms with van der Waals surface area (Å²) in [6.07, 6.45) is 0. The van der Waals surface area contributed by atoms with Gasteiger partial charge >= 0.3 is 0 Å². The highest BCUT2D eigenvalue weighted by Gasteiger charge is 2.07.